The average molecular weight is 214 g/mol. The molecule has 0 saturated carbocycles. The molecule has 4 heteroatoms. The van der Waals surface area contributed by atoms with Crippen molar-refractivity contribution in [3.05, 3.63) is 47.7 Å². The van der Waals surface area contributed by atoms with E-state index in [0.717, 1.165) is 17.9 Å². The molecule has 0 atom stereocenters. The first-order valence-corrected chi connectivity index (χ1v) is 4.90. The fourth-order valence-electron chi connectivity index (χ4n) is 1.42. The minimum absolute atomic E-state index is 0.0794. The van der Waals surface area contributed by atoms with Crippen LogP contribution in [0.5, 0.6) is 5.75 Å². The molecule has 0 amide bonds. The molecular formula is C12H10N2O2. The maximum absolute atomic E-state index is 9.28. The Labute approximate surface area is 92.8 Å². The molecule has 0 radical (unpaired) electrons. The molecule has 0 spiro atoms. The number of nitrogens with zero attached hydrogens (tertiary/aromatic N) is 2. The van der Waals surface area contributed by atoms with Crippen LogP contribution in [0, 0.1) is 11.3 Å². The SMILES string of the molecule is N#Cc1cc(CCc2ccco2)ncc1O. The molecule has 0 aliphatic heterocycles. The van der Waals surface area contributed by atoms with Crippen LogP contribution in [0.3, 0.4) is 0 Å². The van der Waals surface area contributed by atoms with Gasteiger partial charge in [-0.25, -0.2) is 0 Å². The highest BCUT2D eigenvalue weighted by Gasteiger charge is 2.04. The summed E-state index contributed by atoms with van der Waals surface area (Å²) in [6.07, 6.45) is 4.34. The van der Waals surface area contributed by atoms with Gasteiger partial charge in [0.15, 0.2) is 5.75 Å². The lowest BCUT2D eigenvalue weighted by Gasteiger charge is -2.00. The fourth-order valence-corrected chi connectivity index (χ4v) is 1.42. The summed E-state index contributed by atoms with van der Waals surface area (Å²) in [5.41, 5.74) is 1.02. The number of nitriles is 1. The molecule has 0 aliphatic rings. The standard InChI is InChI=1S/C12H10N2O2/c13-7-9-6-10(14-8-12(9)15)3-4-11-2-1-5-16-11/h1-2,5-6,8,15H,3-4H2. The van der Waals surface area contributed by atoms with E-state index in [0.29, 0.717) is 6.42 Å². The van der Waals surface area contributed by atoms with Gasteiger partial charge in [-0.2, -0.15) is 5.26 Å². The number of furan rings is 1. The van der Waals surface area contributed by atoms with Crippen LogP contribution >= 0.6 is 0 Å². The average Bonchev–Trinajstić information content (AvgIpc) is 2.81. The second-order valence-corrected chi connectivity index (χ2v) is 3.38. The number of rotatable bonds is 3. The molecule has 0 bridgehead atoms. The van der Waals surface area contributed by atoms with Gasteiger partial charge in [-0.15, -0.1) is 0 Å². The highest BCUT2D eigenvalue weighted by Crippen LogP contribution is 2.16. The van der Waals surface area contributed by atoms with Gasteiger partial charge >= 0.3 is 0 Å². The van der Waals surface area contributed by atoms with Crippen molar-refractivity contribution < 1.29 is 9.52 Å². The van der Waals surface area contributed by atoms with Crippen LogP contribution in [0.15, 0.2) is 35.1 Å². The van der Waals surface area contributed by atoms with Crippen molar-refractivity contribution in [1.29, 1.82) is 5.26 Å². The number of aromatic nitrogens is 1. The van der Waals surface area contributed by atoms with Crippen molar-refractivity contribution in [2.45, 2.75) is 12.8 Å². The molecule has 0 fully saturated rings. The molecule has 16 heavy (non-hydrogen) atoms. The van der Waals surface area contributed by atoms with E-state index in [1.165, 1.54) is 6.20 Å². The maximum Gasteiger partial charge on any atom is 0.151 e. The Bertz CT molecular complexity index is 512. The van der Waals surface area contributed by atoms with Crippen molar-refractivity contribution >= 4 is 0 Å². The quantitative estimate of drug-likeness (QED) is 0.848. The lowest BCUT2D eigenvalue weighted by atomic mass is 10.1. The molecule has 80 valence electrons. The first-order chi connectivity index (χ1) is 7.79. The van der Waals surface area contributed by atoms with Crippen LogP contribution in [0.1, 0.15) is 17.0 Å². The third-order valence-electron chi connectivity index (χ3n) is 2.27. The third-order valence-corrected chi connectivity index (χ3v) is 2.27. The van der Waals surface area contributed by atoms with Gasteiger partial charge in [0.25, 0.3) is 0 Å². The molecule has 0 aliphatic carbocycles. The first kappa shape index (κ1) is 10.2. The van der Waals surface area contributed by atoms with Crippen LogP contribution < -0.4 is 0 Å². The zero-order valence-corrected chi connectivity index (χ0v) is 8.55. The lowest BCUT2D eigenvalue weighted by molar-refractivity contribution is 0.470. The lowest BCUT2D eigenvalue weighted by Crippen LogP contribution is -1.94. The molecule has 2 aromatic rings. The van der Waals surface area contributed by atoms with Crippen LogP contribution in [0.25, 0.3) is 0 Å². The van der Waals surface area contributed by atoms with Gasteiger partial charge in [-0.3, -0.25) is 4.98 Å². The Balaban J connectivity index is 2.08. The number of pyridine rings is 1. The highest BCUT2D eigenvalue weighted by molar-refractivity contribution is 5.41. The van der Waals surface area contributed by atoms with Crippen LogP contribution in [-0.4, -0.2) is 10.1 Å². The molecule has 0 unspecified atom stereocenters. The normalized spacial score (nSPS) is 9.94. The smallest absolute Gasteiger partial charge is 0.151 e. The Kier molecular flexibility index (Phi) is 2.88. The van der Waals surface area contributed by atoms with Crippen molar-refractivity contribution in [2.24, 2.45) is 0 Å². The van der Waals surface area contributed by atoms with Crippen LogP contribution in [0.2, 0.25) is 0 Å². The summed E-state index contributed by atoms with van der Waals surface area (Å²) in [6, 6.07) is 7.24. The monoisotopic (exact) mass is 214 g/mol. The highest BCUT2D eigenvalue weighted by atomic mass is 16.3. The molecule has 2 aromatic heterocycles. The first-order valence-electron chi connectivity index (χ1n) is 4.90. The van der Waals surface area contributed by atoms with Gasteiger partial charge in [0.2, 0.25) is 0 Å². The minimum Gasteiger partial charge on any atom is -0.505 e. The minimum atomic E-state index is -0.0794. The molecule has 4 nitrogen and oxygen atoms in total. The van der Waals surface area contributed by atoms with Crippen LogP contribution in [-0.2, 0) is 12.8 Å². The van der Waals surface area contributed by atoms with Crippen molar-refractivity contribution in [2.75, 3.05) is 0 Å². The molecule has 1 N–H and O–H groups in total. The Morgan fingerprint density at radius 3 is 3.00 bits per heavy atom. The number of aromatic hydroxyl groups is 1. The Hall–Kier alpha value is -2.28. The zero-order chi connectivity index (χ0) is 11.4. The van der Waals surface area contributed by atoms with E-state index in [2.05, 4.69) is 4.98 Å². The number of hydrogen-bond donors (Lipinski definition) is 1. The summed E-state index contributed by atoms with van der Waals surface area (Å²) in [5, 5.41) is 18.0. The summed E-state index contributed by atoms with van der Waals surface area (Å²) in [5.74, 6) is 0.803. The molecule has 0 aromatic carbocycles. The maximum atomic E-state index is 9.28. The fraction of sp³-hybridized carbons (Fsp3) is 0.167. The summed E-state index contributed by atoms with van der Waals surface area (Å²) in [4.78, 5) is 4.04. The predicted octanol–water partition coefficient (Wildman–Crippen LogP) is 2.04. The topological polar surface area (TPSA) is 70.0 Å². The third kappa shape index (κ3) is 2.20. The van der Waals surface area contributed by atoms with Crippen molar-refractivity contribution in [3.63, 3.8) is 0 Å². The molecular weight excluding hydrogens is 204 g/mol. The van der Waals surface area contributed by atoms with Gasteiger partial charge in [-0.1, -0.05) is 0 Å². The molecule has 0 saturated heterocycles. The van der Waals surface area contributed by atoms with Crippen molar-refractivity contribution in [3.8, 4) is 11.8 Å². The van der Waals surface area contributed by atoms with E-state index in [9.17, 15) is 5.11 Å². The predicted molar refractivity (Wildman–Crippen MR) is 56.7 cm³/mol. The summed E-state index contributed by atoms with van der Waals surface area (Å²) in [6.45, 7) is 0. The van der Waals surface area contributed by atoms with Crippen molar-refractivity contribution in [1.82, 2.24) is 4.98 Å². The van der Waals surface area contributed by atoms with Crippen LogP contribution in [0.4, 0.5) is 0 Å². The summed E-state index contributed by atoms with van der Waals surface area (Å²) >= 11 is 0. The van der Waals surface area contributed by atoms with Gasteiger partial charge in [-0.05, 0) is 24.6 Å². The van der Waals surface area contributed by atoms with Gasteiger partial charge in [0.1, 0.15) is 11.8 Å². The second kappa shape index (κ2) is 4.49. The second-order valence-electron chi connectivity index (χ2n) is 3.38. The summed E-state index contributed by atoms with van der Waals surface area (Å²) in [7, 11) is 0. The van der Waals surface area contributed by atoms with E-state index in [4.69, 9.17) is 9.68 Å². The largest absolute Gasteiger partial charge is 0.505 e. The zero-order valence-electron chi connectivity index (χ0n) is 8.55. The van der Waals surface area contributed by atoms with E-state index in [1.807, 2.05) is 18.2 Å². The van der Waals surface area contributed by atoms with E-state index in [1.54, 1.807) is 12.3 Å². The van der Waals surface area contributed by atoms with Gasteiger partial charge in [0, 0.05) is 12.1 Å². The number of hydrogen-bond acceptors (Lipinski definition) is 4. The Morgan fingerprint density at radius 2 is 2.31 bits per heavy atom. The molecule has 2 heterocycles. The van der Waals surface area contributed by atoms with Gasteiger partial charge < -0.3 is 9.52 Å². The van der Waals surface area contributed by atoms with E-state index < -0.39 is 0 Å². The van der Waals surface area contributed by atoms with E-state index >= 15 is 0 Å². The summed E-state index contributed by atoms with van der Waals surface area (Å²) < 4.78 is 5.19. The Morgan fingerprint density at radius 1 is 1.44 bits per heavy atom. The van der Waals surface area contributed by atoms with E-state index in [-0.39, 0.29) is 11.3 Å². The molecule has 2 rings (SSSR count). The van der Waals surface area contributed by atoms with Gasteiger partial charge in [0.05, 0.1) is 18.0 Å². The number of aryl methyl sites for hydroxylation is 2.